The maximum absolute atomic E-state index is 11.6. The van der Waals surface area contributed by atoms with Gasteiger partial charge in [0.05, 0.1) is 0 Å². The lowest BCUT2D eigenvalue weighted by Crippen LogP contribution is -2.42. The summed E-state index contributed by atoms with van der Waals surface area (Å²) in [6.07, 6.45) is 6.83. The second-order valence-electron chi connectivity index (χ2n) is 5.07. The highest BCUT2D eigenvalue weighted by molar-refractivity contribution is 9.09. The van der Waals surface area contributed by atoms with E-state index in [2.05, 4.69) is 15.9 Å². The Bertz CT molecular complexity index is 281. The number of halogens is 1. The molecule has 3 nitrogen and oxygen atoms in total. The molecule has 2 fully saturated rings. The molecule has 0 aromatic rings. The monoisotopic (exact) mass is 287 g/mol. The van der Waals surface area contributed by atoms with Crippen LogP contribution in [-0.2, 0) is 9.59 Å². The molecule has 1 heterocycles. The highest BCUT2D eigenvalue weighted by Crippen LogP contribution is 2.39. The van der Waals surface area contributed by atoms with E-state index in [9.17, 15) is 9.59 Å². The minimum Gasteiger partial charge on any atom is -0.282 e. The Morgan fingerprint density at radius 2 is 1.62 bits per heavy atom. The normalized spacial score (nSPS) is 25.2. The van der Waals surface area contributed by atoms with E-state index in [1.54, 1.807) is 0 Å². The van der Waals surface area contributed by atoms with Gasteiger partial charge in [-0.05, 0) is 18.3 Å². The average Bonchev–Trinajstić information content (AvgIpc) is 2.62. The molecule has 1 saturated carbocycles. The van der Waals surface area contributed by atoms with Gasteiger partial charge in [-0.1, -0.05) is 35.2 Å². The molecule has 0 spiro atoms. The zero-order chi connectivity index (χ0) is 11.6. The number of alkyl halides is 1. The van der Waals surface area contributed by atoms with Crippen molar-refractivity contribution in [2.24, 2.45) is 5.41 Å². The molecule has 0 bridgehead atoms. The van der Waals surface area contributed by atoms with Gasteiger partial charge >= 0.3 is 0 Å². The van der Waals surface area contributed by atoms with Crippen molar-refractivity contribution in [1.82, 2.24) is 4.90 Å². The third kappa shape index (κ3) is 2.31. The van der Waals surface area contributed by atoms with E-state index in [0.717, 1.165) is 18.2 Å². The lowest BCUT2D eigenvalue weighted by Gasteiger charge is -2.38. The van der Waals surface area contributed by atoms with Crippen LogP contribution >= 0.6 is 15.9 Å². The fourth-order valence-corrected chi connectivity index (χ4v) is 3.51. The third-order valence-electron chi connectivity index (χ3n) is 3.85. The molecule has 1 saturated heterocycles. The first-order valence-corrected chi connectivity index (χ1v) is 7.18. The second kappa shape index (κ2) is 4.86. The molecule has 2 aliphatic rings. The predicted octanol–water partition coefficient (Wildman–Crippen LogP) is 2.48. The molecule has 0 N–H and O–H groups in total. The van der Waals surface area contributed by atoms with Gasteiger partial charge in [-0.25, -0.2) is 0 Å². The van der Waals surface area contributed by atoms with Gasteiger partial charge in [-0.2, -0.15) is 0 Å². The first kappa shape index (κ1) is 12.1. The molecule has 2 rings (SSSR count). The standard InChI is InChI=1S/C12H18BrNO2/c13-8-12(6-2-1-3-7-12)9-14-10(15)4-5-11(14)16/h1-9H2. The third-order valence-corrected chi connectivity index (χ3v) is 5.04. The smallest absolute Gasteiger partial charge is 0.229 e. The van der Waals surface area contributed by atoms with Crippen molar-refractivity contribution in [3.8, 4) is 0 Å². The van der Waals surface area contributed by atoms with Gasteiger partial charge in [0.1, 0.15) is 0 Å². The summed E-state index contributed by atoms with van der Waals surface area (Å²) in [5.41, 5.74) is 0.147. The summed E-state index contributed by atoms with van der Waals surface area (Å²) < 4.78 is 0. The molecule has 0 atom stereocenters. The van der Waals surface area contributed by atoms with Crippen molar-refractivity contribution in [3.63, 3.8) is 0 Å². The summed E-state index contributed by atoms with van der Waals surface area (Å²) in [5.74, 6) is 0.0480. The van der Waals surface area contributed by atoms with Gasteiger partial charge < -0.3 is 0 Å². The molecule has 0 aromatic heterocycles. The summed E-state index contributed by atoms with van der Waals surface area (Å²) in [4.78, 5) is 24.7. The Kier molecular flexibility index (Phi) is 3.67. The summed E-state index contributed by atoms with van der Waals surface area (Å²) in [5, 5.41) is 0.900. The van der Waals surface area contributed by atoms with Crippen molar-refractivity contribution in [2.45, 2.75) is 44.9 Å². The minimum absolute atomic E-state index is 0.0240. The summed E-state index contributed by atoms with van der Waals surface area (Å²) in [6.45, 7) is 0.635. The fourth-order valence-electron chi connectivity index (χ4n) is 2.77. The van der Waals surface area contributed by atoms with Gasteiger partial charge in [0.15, 0.2) is 0 Å². The topological polar surface area (TPSA) is 37.4 Å². The van der Waals surface area contributed by atoms with Crippen molar-refractivity contribution in [1.29, 1.82) is 0 Å². The molecule has 0 aromatic carbocycles. The molecule has 16 heavy (non-hydrogen) atoms. The Morgan fingerprint density at radius 1 is 1.06 bits per heavy atom. The molecular weight excluding hydrogens is 270 g/mol. The van der Waals surface area contributed by atoms with Crippen molar-refractivity contribution < 1.29 is 9.59 Å². The molecule has 0 radical (unpaired) electrons. The van der Waals surface area contributed by atoms with Crippen LogP contribution in [0.15, 0.2) is 0 Å². The second-order valence-corrected chi connectivity index (χ2v) is 5.63. The van der Waals surface area contributed by atoms with Gasteiger partial charge in [0.2, 0.25) is 11.8 Å². The van der Waals surface area contributed by atoms with E-state index in [-0.39, 0.29) is 17.2 Å². The maximum Gasteiger partial charge on any atom is 0.229 e. The molecular formula is C12H18BrNO2. The van der Waals surface area contributed by atoms with Crippen LogP contribution in [0.5, 0.6) is 0 Å². The van der Waals surface area contributed by atoms with Crippen LogP contribution in [0.25, 0.3) is 0 Å². The average molecular weight is 288 g/mol. The highest BCUT2D eigenvalue weighted by atomic mass is 79.9. The van der Waals surface area contributed by atoms with Gasteiger partial charge in [0, 0.05) is 24.7 Å². The predicted molar refractivity (Wildman–Crippen MR) is 65.3 cm³/mol. The van der Waals surface area contributed by atoms with E-state index in [4.69, 9.17) is 0 Å². The Hall–Kier alpha value is -0.380. The van der Waals surface area contributed by atoms with Crippen LogP contribution in [0.3, 0.4) is 0 Å². The van der Waals surface area contributed by atoms with Crippen LogP contribution in [0.2, 0.25) is 0 Å². The van der Waals surface area contributed by atoms with Crippen LogP contribution < -0.4 is 0 Å². The van der Waals surface area contributed by atoms with Crippen molar-refractivity contribution in [3.05, 3.63) is 0 Å². The van der Waals surface area contributed by atoms with E-state index in [1.807, 2.05) is 0 Å². The number of carbonyl (C=O) groups is 2. The van der Waals surface area contributed by atoms with E-state index in [0.29, 0.717) is 19.4 Å². The first-order valence-electron chi connectivity index (χ1n) is 6.06. The lowest BCUT2D eigenvalue weighted by molar-refractivity contribution is -0.140. The number of hydrogen-bond donors (Lipinski definition) is 0. The van der Waals surface area contributed by atoms with Crippen molar-refractivity contribution in [2.75, 3.05) is 11.9 Å². The van der Waals surface area contributed by atoms with Crippen LogP contribution in [0.4, 0.5) is 0 Å². The summed E-state index contributed by atoms with van der Waals surface area (Å²) in [6, 6.07) is 0. The number of amides is 2. The number of hydrogen-bond acceptors (Lipinski definition) is 2. The Morgan fingerprint density at radius 3 is 2.12 bits per heavy atom. The zero-order valence-corrected chi connectivity index (χ0v) is 11.1. The van der Waals surface area contributed by atoms with E-state index >= 15 is 0 Å². The van der Waals surface area contributed by atoms with Gasteiger partial charge in [0.25, 0.3) is 0 Å². The zero-order valence-electron chi connectivity index (χ0n) is 9.51. The number of nitrogens with zero attached hydrogens (tertiary/aromatic N) is 1. The molecule has 0 unspecified atom stereocenters. The SMILES string of the molecule is O=C1CCC(=O)N1CC1(CBr)CCCCC1. The van der Waals surface area contributed by atoms with Crippen LogP contribution in [0.1, 0.15) is 44.9 Å². The molecule has 1 aliphatic heterocycles. The summed E-state index contributed by atoms with van der Waals surface area (Å²) >= 11 is 3.57. The molecule has 90 valence electrons. The van der Waals surface area contributed by atoms with Gasteiger partial charge in [-0.15, -0.1) is 0 Å². The van der Waals surface area contributed by atoms with Crippen molar-refractivity contribution >= 4 is 27.7 Å². The first-order chi connectivity index (χ1) is 7.67. The molecule has 1 aliphatic carbocycles. The minimum atomic E-state index is 0.0240. The quantitative estimate of drug-likeness (QED) is 0.591. The van der Waals surface area contributed by atoms with Crippen LogP contribution in [-0.4, -0.2) is 28.6 Å². The maximum atomic E-state index is 11.6. The van der Waals surface area contributed by atoms with Gasteiger partial charge in [-0.3, -0.25) is 14.5 Å². The number of carbonyl (C=O) groups excluding carboxylic acids is 2. The van der Waals surface area contributed by atoms with Crippen LogP contribution in [0, 0.1) is 5.41 Å². The highest BCUT2D eigenvalue weighted by Gasteiger charge is 2.38. The Labute approximate surface area is 105 Å². The lowest BCUT2D eigenvalue weighted by atomic mass is 9.75. The van der Waals surface area contributed by atoms with E-state index < -0.39 is 0 Å². The largest absolute Gasteiger partial charge is 0.282 e. The number of imide groups is 1. The summed E-state index contributed by atoms with van der Waals surface area (Å²) in [7, 11) is 0. The Balaban J connectivity index is 2.05. The number of likely N-dealkylation sites (tertiary alicyclic amines) is 1. The fraction of sp³-hybridized carbons (Fsp3) is 0.833. The molecule has 2 amide bonds. The molecule has 4 heteroatoms. The number of rotatable bonds is 3. The van der Waals surface area contributed by atoms with E-state index in [1.165, 1.54) is 24.2 Å².